The SMILES string of the molecule is O=C(N[C@@H]1CS(=O)(=O)C[C@@H]1N1CCCC1)[C@H]1C[C@H]1c1ccco1. The van der Waals surface area contributed by atoms with E-state index in [4.69, 9.17) is 4.42 Å². The molecule has 23 heavy (non-hydrogen) atoms. The summed E-state index contributed by atoms with van der Waals surface area (Å²) in [6.45, 7) is 1.87. The van der Waals surface area contributed by atoms with E-state index in [1.54, 1.807) is 6.26 Å². The van der Waals surface area contributed by atoms with Crippen molar-refractivity contribution in [3.8, 4) is 0 Å². The highest BCUT2D eigenvalue weighted by atomic mass is 32.2. The molecule has 4 atom stereocenters. The van der Waals surface area contributed by atoms with Crippen LogP contribution in [0.2, 0.25) is 0 Å². The first-order valence-corrected chi connectivity index (χ1v) is 10.1. The Labute approximate surface area is 136 Å². The Kier molecular flexibility index (Phi) is 3.72. The minimum absolute atomic E-state index is 0.0299. The zero-order valence-corrected chi connectivity index (χ0v) is 13.8. The number of carbonyl (C=O) groups excluding carboxylic acids is 1. The monoisotopic (exact) mass is 338 g/mol. The molecule has 0 bridgehead atoms. The molecule has 0 unspecified atom stereocenters. The highest BCUT2D eigenvalue weighted by Gasteiger charge is 2.48. The van der Waals surface area contributed by atoms with Crippen LogP contribution in [0.4, 0.5) is 0 Å². The highest BCUT2D eigenvalue weighted by molar-refractivity contribution is 7.91. The van der Waals surface area contributed by atoms with Gasteiger partial charge in [-0.05, 0) is 44.5 Å². The van der Waals surface area contributed by atoms with Gasteiger partial charge in [-0.1, -0.05) is 0 Å². The fraction of sp³-hybridized carbons (Fsp3) is 0.688. The van der Waals surface area contributed by atoms with Crippen LogP contribution >= 0.6 is 0 Å². The summed E-state index contributed by atoms with van der Waals surface area (Å²) in [6, 6.07) is 3.39. The summed E-state index contributed by atoms with van der Waals surface area (Å²) in [7, 11) is -3.06. The molecule has 4 rings (SSSR count). The van der Waals surface area contributed by atoms with Gasteiger partial charge in [-0.25, -0.2) is 8.42 Å². The number of amides is 1. The number of nitrogens with one attached hydrogen (secondary N) is 1. The molecule has 3 fully saturated rings. The maximum absolute atomic E-state index is 12.5. The summed E-state index contributed by atoms with van der Waals surface area (Å²) in [5, 5.41) is 3.01. The number of carbonyl (C=O) groups is 1. The van der Waals surface area contributed by atoms with Gasteiger partial charge in [-0.2, -0.15) is 0 Å². The topological polar surface area (TPSA) is 79.6 Å². The standard InChI is InChI=1S/C16H22N2O4S/c19-16(12-8-11(12)15-4-3-7-22-15)17-13-9-23(20,21)10-14(13)18-5-1-2-6-18/h3-4,7,11-14H,1-2,5-6,8-10H2,(H,17,19)/t11-,12+,13-,14+/m1/s1. The summed E-state index contributed by atoms with van der Waals surface area (Å²) < 4.78 is 29.4. The molecule has 1 saturated carbocycles. The molecular weight excluding hydrogens is 316 g/mol. The van der Waals surface area contributed by atoms with Crippen molar-refractivity contribution < 1.29 is 17.6 Å². The summed E-state index contributed by atoms with van der Waals surface area (Å²) in [6.07, 6.45) is 4.63. The van der Waals surface area contributed by atoms with E-state index in [0.29, 0.717) is 0 Å². The second-order valence-corrected chi connectivity index (χ2v) is 9.12. The van der Waals surface area contributed by atoms with Gasteiger partial charge >= 0.3 is 0 Å². The molecule has 2 saturated heterocycles. The molecule has 1 amide bonds. The van der Waals surface area contributed by atoms with Crippen molar-refractivity contribution >= 4 is 15.7 Å². The minimum Gasteiger partial charge on any atom is -0.469 e. The third kappa shape index (κ3) is 3.04. The lowest BCUT2D eigenvalue weighted by atomic mass is 10.1. The van der Waals surface area contributed by atoms with Gasteiger partial charge in [0.1, 0.15) is 5.76 Å². The largest absolute Gasteiger partial charge is 0.469 e. The summed E-state index contributed by atoms with van der Waals surface area (Å²) >= 11 is 0. The number of sulfone groups is 1. The van der Waals surface area contributed by atoms with Crippen molar-refractivity contribution in [2.75, 3.05) is 24.6 Å². The molecule has 1 N–H and O–H groups in total. The lowest BCUT2D eigenvalue weighted by Gasteiger charge is -2.28. The van der Waals surface area contributed by atoms with Crippen LogP contribution in [0.3, 0.4) is 0 Å². The predicted octanol–water partition coefficient (Wildman–Crippen LogP) is 0.761. The van der Waals surface area contributed by atoms with Crippen molar-refractivity contribution in [1.29, 1.82) is 0 Å². The van der Waals surface area contributed by atoms with Gasteiger partial charge in [0.2, 0.25) is 5.91 Å². The molecule has 0 radical (unpaired) electrons. The summed E-state index contributed by atoms with van der Waals surface area (Å²) in [5.74, 6) is 1.12. The lowest BCUT2D eigenvalue weighted by Crippen LogP contribution is -2.50. The van der Waals surface area contributed by atoms with Crippen LogP contribution in [-0.4, -0.2) is 55.9 Å². The van der Waals surface area contributed by atoms with E-state index < -0.39 is 9.84 Å². The van der Waals surface area contributed by atoms with E-state index in [-0.39, 0.29) is 41.3 Å². The van der Waals surface area contributed by atoms with E-state index in [2.05, 4.69) is 10.2 Å². The van der Waals surface area contributed by atoms with Gasteiger partial charge in [-0.15, -0.1) is 0 Å². The molecule has 7 heteroatoms. The van der Waals surface area contributed by atoms with E-state index in [1.807, 2.05) is 12.1 Å². The van der Waals surface area contributed by atoms with Crippen molar-refractivity contribution in [2.45, 2.75) is 37.3 Å². The Bertz CT molecular complexity index is 679. The molecule has 1 aromatic rings. The molecule has 1 aliphatic carbocycles. The van der Waals surface area contributed by atoms with Crippen LogP contribution in [0.1, 0.15) is 30.9 Å². The van der Waals surface area contributed by atoms with E-state index >= 15 is 0 Å². The van der Waals surface area contributed by atoms with Crippen LogP contribution in [-0.2, 0) is 14.6 Å². The Morgan fingerprint density at radius 3 is 2.74 bits per heavy atom. The number of nitrogens with zero attached hydrogens (tertiary/aromatic N) is 1. The number of furan rings is 1. The third-order valence-corrected chi connectivity index (χ3v) is 7.01. The number of rotatable bonds is 4. The quantitative estimate of drug-likeness (QED) is 0.877. The van der Waals surface area contributed by atoms with Crippen molar-refractivity contribution in [3.63, 3.8) is 0 Å². The maximum Gasteiger partial charge on any atom is 0.224 e. The van der Waals surface area contributed by atoms with Gasteiger partial charge in [0.05, 0.1) is 23.8 Å². The second-order valence-electron chi connectivity index (χ2n) is 6.97. The molecule has 3 aliphatic rings. The van der Waals surface area contributed by atoms with Gasteiger partial charge < -0.3 is 9.73 Å². The Hall–Kier alpha value is -1.34. The van der Waals surface area contributed by atoms with Crippen LogP contribution in [0.25, 0.3) is 0 Å². The lowest BCUT2D eigenvalue weighted by molar-refractivity contribution is -0.123. The number of likely N-dealkylation sites (tertiary alicyclic amines) is 1. The summed E-state index contributed by atoms with van der Waals surface area (Å²) in [4.78, 5) is 14.7. The average molecular weight is 338 g/mol. The second kappa shape index (κ2) is 5.63. The molecule has 3 heterocycles. The van der Waals surface area contributed by atoms with Crippen molar-refractivity contribution in [3.05, 3.63) is 24.2 Å². The Morgan fingerprint density at radius 1 is 1.26 bits per heavy atom. The van der Waals surface area contributed by atoms with Crippen LogP contribution in [0.15, 0.2) is 22.8 Å². The van der Waals surface area contributed by atoms with E-state index in [0.717, 1.165) is 38.1 Å². The van der Waals surface area contributed by atoms with Gasteiger partial charge in [-0.3, -0.25) is 9.69 Å². The molecular formula is C16H22N2O4S. The Balaban J connectivity index is 1.41. The predicted molar refractivity (Wildman–Crippen MR) is 84.7 cm³/mol. The number of hydrogen-bond donors (Lipinski definition) is 1. The van der Waals surface area contributed by atoms with Crippen molar-refractivity contribution in [2.24, 2.45) is 5.92 Å². The Morgan fingerprint density at radius 2 is 2.04 bits per heavy atom. The highest BCUT2D eigenvalue weighted by Crippen LogP contribution is 2.47. The van der Waals surface area contributed by atoms with E-state index in [1.165, 1.54) is 0 Å². The first kappa shape index (κ1) is 15.2. The van der Waals surface area contributed by atoms with Gasteiger partial charge in [0.25, 0.3) is 0 Å². The average Bonchev–Trinajstić information content (AvgIpc) is 2.90. The minimum atomic E-state index is -3.06. The fourth-order valence-corrected chi connectivity index (χ4v) is 5.94. The fourth-order valence-electron chi connectivity index (χ4n) is 3.99. The van der Waals surface area contributed by atoms with Gasteiger partial charge in [0, 0.05) is 17.9 Å². The zero-order chi connectivity index (χ0) is 16.0. The zero-order valence-electron chi connectivity index (χ0n) is 13.0. The molecule has 1 aromatic heterocycles. The number of hydrogen-bond acceptors (Lipinski definition) is 5. The molecule has 0 aromatic carbocycles. The smallest absolute Gasteiger partial charge is 0.224 e. The molecule has 2 aliphatic heterocycles. The van der Waals surface area contributed by atoms with Gasteiger partial charge in [0.15, 0.2) is 9.84 Å². The van der Waals surface area contributed by atoms with Crippen molar-refractivity contribution in [1.82, 2.24) is 10.2 Å². The summed E-state index contributed by atoms with van der Waals surface area (Å²) in [5.41, 5.74) is 0. The van der Waals surface area contributed by atoms with Crippen LogP contribution in [0.5, 0.6) is 0 Å². The van der Waals surface area contributed by atoms with E-state index in [9.17, 15) is 13.2 Å². The first-order chi connectivity index (χ1) is 11.0. The molecule has 6 nitrogen and oxygen atoms in total. The third-order valence-electron chi connectivity index (χ3n) is 5.30. The molecule has 126 valence electrons. The van der Waals surface area contributed by atoms with Crippen LogP contribution in [0, 0.1) is 5.92 Å². The normalized spacial score (nSPS) is 36.2. The van der Waals surface area contributed by atoms with Crippen LogP contribution < -0.4 is 5.32 Å². The first-order valence-electron chi connectivity index (χ1n) is 8.32. The maximum atomic E-state index is 12.5. The molecule has 0 spiro atoms.